The maximum atomic E-state index is 13.2. The Morgan fingerprint density at radius 3 is 2.49 bits per heavy atom. The lowest BCUT2D eigenvalue weighted by Gasteiger charge is -2.43. The highest BCUT2D eigenvalue weighted by Crippen LogP contribution is 2.37. The van der Waals surface area contributed by atoms with Crippen molar-refractivity contribution in [2.75, 3.05) is 31.1 Å². The number of rotatable bonds is 6. The van der Waals surface area contributed by atoms with Crippen LogP contribution in [0, 0.1) is 11.7 Å². The van der Waals surface area contributed by atoms with E-state index in [1.165, 1.54) is 31.4 Å². The Morgan fingerprint density at radius 2 is 1.77 bits per heavy atom. The van der Waals surface area contributed by atoms with E-state index in [1.807, 2.05) is 30.5 Å². The minimum atomic E-state index is -0.175. The highest BCUT2D eigenvalue weighted by Gasteiger charge is 2.29. The van der Waals surface area contributed by atoms with Crippen molar-refractivity contribution in [1.29, 1.82) is 0 Å². The van der Waals surface area contributed by atoms with Gasteiger partial charge in [0, 0.05) is 48.7 Å². The molecule has 184 valence electrons. The minimum absolute atomic E-state index is 0.175. The molecule has 0 amide bonds. The fraction of sp³-hybridized carbons (Fsp3) is 0.414. The summed E-state index contributed by atoms with van der Waals surface area (Å²) in [6, 6.07) is 15.6. The molecule has 0 unspecified atom stereocenters. The molecule has 0 radical (unpaired) electrons. The van der Waals surface area contributed by atoms with Crippen LogP contribution >= 0.6 is 23.4 Å². The zero-order chi connectivity index (χ0) is 24.2. The first-order valence-electron chi connectivity index (χ1n) is 12.8. The number of hydrogen-bond donors (Lipinski definition) is 0. The molecular formula is C29H33ClFN3S. The van der Waals surface area contributed by atoms with Gasteiger partial charge in [0.25, 0.3) is 0 Å². The molecule has 2 aromatic carbocycles. The number of aromatic nitrogens is 1. The summed E-state index contributed by atoms with van der Waals surface area (Å²) in [5.41, 5.74) is 3.75. The number of halogens is 2. The van der Waals surface area contributed by atoms with Gasteiger partial charge in [0.15, 0.2) is 0 Å². The van der Waals surface area contributed by atoms with Crippen LogP contribution in [0.15, 0.2) is 70.6 Å². The van der Waals surface area contributed by atoms with Crippen LogP contribution in [0.5, 0.6) is 0 Å². The summed E-state index contributed by atoms with van der Waals surface area (Å²) in [4.78, 5) is 10.9. The minimum Gasteiger partial charge on any atom is -0.367 e. The van der Waals surface area contributed by atoms with Crippen molar-refractivity contribution < 1.29 is 4.39 Å². The average molecular weight is 510 g/mol. The average Bonchev–Trinajstić information content (AvgIpc) is 2.91. The Kier molecular flexibility index (Phi) is 7.96. The van der Waals surface area contributed by atoms with Gasteiger partial charge in [0.2, 0.25) is 0 Å². The van der Waals surface area contributed by atoms with Crippen molar-refractivity contribution >= 4 is 40.0 Å². The van der Waals surface area contributed by atoms with Crippen molar-refractivity contribution in [3.05, 3.63) is 76.5 Å². The zero-order valence-corrected chi connectivity index (χ0v) is 21.9. The number of anilines is 1. The normalized spacial score (nSPS) is 22.0. The molecule has 1 saturated heterocycles. The van der Waals surface area contributed by atoms with Gasteiger partial charge < -0.3 is 4.90 Å². The van der Waals surface area contributed by atoms with Crippen LogP contribution < -0.4 is 4.90 Å². The van der Waals surface area contributed by atoms with Crippen LogP contribution in [0.2, 0.25) is 5.02 Å². The monoisotopic (exact) mass is 509 g/mol. The molecule has 2 fully saturated rings. The molecule has 2 heterocycles. The second kappa shape index (κ2) is 11.3. The van der Waals surface area contributed by atoms with Crippen molar-refractivity contribution in [2.45, 2.75) is 50.0 Å². The molecule has 3 nitrogen and oxygen atoms in total. The number of benzene rings is 2. The van der Waals surface area contributed by atoms with Gasteiger partial charge in [-0.05, 0) is 92.0 Å². The second-order valence-corrected chi connectivity index (χ2v) is 11.0. The number of piperazine rings is 1. The number of allylic oxidation sites excluding steroid dienone is 1. The van der Waals surface area contributed by atoms with Gasteiger partial charge in [-0.1, -0.05) is 35.9 Å². The van der Waals surface area contributed by atoms with E-state index in [2.05, 4.69) is 39.2 Å². The second-order valence-electron chi connectivity index (χ2n) is 9.61. The Morgan fingerprint density at radius 1 is 1.03 bits per heavy atom. The first-order chi connectivity index (χ1) is 17.1. The molecule has 0 spiro atoms. The summed E-state index contributed by atoms with van der Waals surface area (Å²) in [6.07, 6.45) is 8.02. The molecule has 1 aromatic heterocycles. The van der Waals surface area contributed by atoms with E-state index < -0.39 is 0 Å². The lowest BCUT2D eigenvalue weighted by molar-refractivity contribution is 0.135. The zero-order valence-electron chi connectivity index (χ0n) is 20.3. The van der Waals surface area contributed by atoms with Crippen LogP contribution in [0.4, 0.5) is 10.1 Å². The van der Waals surface area contributed by atoms with Gasteiger partial charge in [0.1, 0.15) is 5.82 Å². The Labute approximate surface area is 217 Å². The molecule has 1 aliphatic heterocycles. The van der Waals surface area contributed by atoms with E-state index in [0.29, 0.717) is 12.0 Å². The van der Waals surface area contributed by atoms with E-state index >= 15 is 0 Å². The molecule has 5 rings (SSSR count). The first kappa shape index (κ1) is 24.6. The highest BCUT2D eigenvalue weighted by atomic mass is 35.5. The summed E-state index contributed by atoms with van der Waals surface area (Å²) >= 11 is 8.13. The summed E-state index contributed by atoms with van der Waals surface area (Å²) in [7, 11) is 0. The predicted molar refractivity (Wildman–Crippen MR) is 147 cm³/mol. The van der Waals surface area contributed by atoms with Crippen LogP contribution in [0.25, 0.3) is 10.9 Å². The van der Waals surface area contributed by atoms with E-state index in [0.717, 1.165) is 53.4 Å². The van der Waals surface area contributed by atoms with Crippen LogP contribution in [0.1, 0.15) is 39.0 Å². The Hall–Kier alpha value is -2.08. The molecule has 35 heavy (non-hydrogen) atoms. The van der Waals surface area contributed by atoms with Gasteiger partial charge in [0.05, 0.1) is 16.2 Å². The molecular weight excluding hydrogens is 477 g/mol. The maximum absolute atomic E-state index is 13.2. The van der Waals surface area contributed by atoms with E-state index in [-0.39, 0.29) is 5.82 Å². The molecule has 6 heteroatoms. The Bertz CT molecular complexity index is 1170. The van der Waals surface area contributed by atoms with Gasteiger partial charge in [-0.3, -0.25) is 9.88 Å². The van der Waals surface area contributed by atoms with E-state index in [9.17, 15) is 4.39 Å². The van der Waals surface area contributed by atoms with Crippen molar-refractivity contribution in [1.82, 2.24) is 9.88 Å². The molecule has 1 aliphatic carbocycles. The van der Waals surface area contributed by atoms with Gasteiger partial charge in [-0.15, -0.1) is 0 Å². The molecule has 0 atom stereocenters. The molecule has 3 aromatic rings. The largest absolute Gasteiger partial charge is 0.367 e. The fourth-order valence-electron chi connectivity index (χ4n) is 5.64. The summed E-state index contributed by atoms with van der Waals surface area (Å²) < 4.78 is 13.2. The molecule has 0 N–H and O–H groups in total. The number of thioether (sulfide) groups is 1. The van der Waals surface area contributed by atoms with Gasteiger partial charge in [-0.25, -0.2) is 4.39 Å². The summed E-state index contributed by atoms with van der Waals surface area (Å²) in [5.74, 6) is 0.503. The van der Waals surface area contributed by atoms with E-state index in [4.69, 9.17) is 11.6 Å². The third-order valence-corrected chi connectivity index (χ3v) is 8.95. The topological polar surface area (TPSA) is 19.4 Å². The predicted octanol–water partition coefficient (Wildman–Crippen LogP) is 7.79. The standard InChI is InChI=1S/C29H33ClFN3S/c1-2-21(20-35-25-11-7-23(31)8-12-25)22-5-9-24(10-6-22)33-16-18-34(19-17-33)28-14-13-27(30)26-4-3-15-32-29(26)28/h3-4,7-8,11-15,20,22,24H,2,5-6,9-10,16-19H2,1H3/b21-20+. The highest BCUT2D eigenvalue weighted by molar-refractivity contribution is 8.02. The van der Waals surface area contributed by atoms with Gasteiger partial charge >= 0.3 is 0 Å². The van der Waals surface area contributed by atoms with Crippen LogP contribution in [-0.4, -0.2) is 42.1 Å². The van der Waals surface area contributed by atoms with Crippen molar-refractivity contribution in [3.63, 3.8) is 0 Å². The lowest BCUT2D eigenvalue weighted by atomic mass is 9.80. The molecule has 1 saturated carbocycles. The van der Waals surface area contributed by atoms with E-state index in [1.54, 1.807) is 29.5 Å². The van der Waals surface area contributed by atoms with Crippen LogP contribution in [0.3, 0.4) is 0 Å². The number of pyridine rings is 1. The third-order valence-electron chi connectivity index (χ3n) is 7.66. The SMILES string of the molecule is CC/C(=C\Sc1ccc(F)cc1)C1CCC(N2CCN(c3ccc(Cl)c4cccnc34)CC2)CC1. The lowest BCUT2D eigenvalue weighted by Crippen LogP contribution is -2.51. The Balaban J connectivity index is 1.15. The summed E-state index contributed by atoms with van der Waals surface area (Å²) in [6.45, 7) is 6.52. The third kappa shape index (κ3) is 5.68. The fourth-order valence-corrected chi connectivity index (χ4v) is 6.80. The number of fused-ring (bicyclic) bond motifs is 1. The summed E-state index contributed by atoms with van der Waals surface area (Å²) in [5, 5.41) is 4.12. The number of nitrogens with zero attached hydrogens (tertiary/aromatic N) is 3. The van der Waals surface area contributed by atoms with Crippen LogP contribution in [-0.2, 0) is 0 Å². The van der Waals surface area contributed by atoms with Gasteiger partial charge in [-0.2, -0.15) is 0 Å². The first-order valence-corrected chi connectivity index (χ1v) is 14.0. The molecule has 2 aliphatic rings. The van der Waals surface area contributed by atoms with Crippen molar-refractivity contribution in [2.24, 2.45) is 5.92 Å². The molecule has 0 bridgehead atoms. The smallest absolute Gasteiger partial charge is 0.123 e. The van der Waals surface area contributed by atoms with Crippen molar-refractivity contribution in [3.8, 4) is 0 Å². The maximum Gasteiger partial charge on any atom is 0.123 e. The quantitative estimate of drug-likeness (QED) is 0.315. The number of hydrogen-bond acceptors (Lipinski definition) is 4.